The number of hydrogen-bond acceptors (Lipinski definition) is 5. The number of nitrogens with one attached hydrogen (secondary N) is 1. The molecule has 0 bridgehead atoms. The largest absolute Gasteiger partial charge is 1.00 e. The van der Waals surface area contributed by atoms with Crippen LogP contribution in [0.15, 0.2) is 71.0 Å². The molecule has 1 aromatic heterocycles. The van der Waals surface area contributed by atoms with Crippen LogP contribution in [0.1, 0.15) is 19.4 Å². The van der Waals surface area contributed by atoms with Crippen LogP contribution in [0.2, 0.25) is 0 Å². The summed E-state index contributed by atoms with van der Waals surface area (Å²) in [7, 11) is 2.01. The van der Waals surface area contributed by atoms with Crippen molar-refractivity contribution in [1.82, 2.24) is 0 Å². The van der Waals surface area contributed by atoms with E-state index in [0.717, 1.165) is 36.1 Å². The lowest BCUT2D eigenvalue weighted by Gasteiger charge is -2.16. The zero-order valence-electron chi connectivity index (χ0n) is 16.5. The van der Waals surface area contributed by atoms with Crippen LogP contribution < -0.4 is 27.2 Å². The fraction of sp³-hybridized carbons (Fsp3) is 0.286. The van der Waals surface area contributed by atoms with Crippen LogP contribution in [0.25, 0.3) is 0 Å². The summed E-state index contributed by atoms with van der Waals surface area (Å²) in [4.78, 5) is 2.32. The van der Waals surface area contributed by atoms with Gasteiger partial charge in [0.2, 0.25) is 0 Å². The highest BCUT2D eigenvalue weighted by Gasteiger charge is 2.16. The summed E-state index contributed by atoms with van der Waals surface area (Å²) < 4.78 is 2.03. The fourth-order valence-corrected chi connectivity index (χ4v) is 3.80. The van der Waals surface area contributed by atoms with Crippen molar-refractivity contribution in [1.29, 1.82) is 0 Å². The molecule has 0 aliphatic carbocycles. The Morgan fingerprint density at radius 3 is 2.29 bits per heavy atom. The monoisotopic (exact) mass is 415 g/mol. The fourth-order valence-electron chi connectivity index (χ4n) is 2.73. The summed E-state index contributed by atoms with van der Waals surface area (Å²) in [5.74, 6) is 0. The molecular formula is C21H26ClN5S. The highest BCUT2D eigenvalue weighted by Crippen LogP contribution is 2.28. The molecule has 0 aliphatic heterocycles. The minimum atomic E-state index is 0. The maximum Gasteiger partial charge on any atom is 0.410 e. The van der Waals surface area contributed by atoms with E-state index in [2.05, 4.69) is 64.8 Å². The van der Waals surface area contributed by atoms with E-state index in [-0.39, 0.29) is 12.4 Å². The highest BCUT2D eigenvalue weighted by atomic mass is 35.5. The lowest BCUT2D eigenvalue weighted by molar-refractivity contribution is -0.653. The Morgan fingerprint density at radius 1 is 0.964 bits per heavy atom. The van der Waals surface area contributed by atoms with Gasteiger partial charge in [-0.25, -0.2) is 4.57 Å². The number of aromatic nitrogens is 1. The first-order chi connectivity index (χ1) is 13.2. The van der Waals surface area contributed by atoms with Gasteiger partial charge in [0.25, 0.3) is 0 Å². The predicted octanol–water partition coefficient (Wildman–Crippen LogP) is 2.45. The van der Waals surface area contributed by atoms with E-state index in [1.54, 1.807) is 11.3 Å². The Morgan fingerprint density at radius 2 is 1.64 bits per heavy atom. The Balaban J connectivity index is 0.00000280. The molecule has 0 unspecified atom stereocenters. The molecule has 1 heterocycles. The summed E-state index contributed by atoms with van der Waals surface area (Å²) in [5, 5.41) is 14.4. The second kappa shape index (κ2) is 10.8. The maximum atomic E-state index is 4.43. The number of hydrogen-bond donors (Lipinski definition) is 1. The quantitative estimate of drug-likeness (QED) is 0.453. The minimum Gasteiger partial charge on any atom is -1.00 e. The summed E-state index contributed by atoms with van der Waals surface area (Å²) >= 11 is 1.66. The number of azo groups is 1. The number of aryl methyl sites for hydroxylation is 1. The van der Waals surface area contributed by atoms with Crippen molar-refractivity contribution in [3.8, 4) is 0 Å². The van der Waals surface area contributed by atoms with Crippen molar-refractivity contribution in [3.63, 3.8) is 0 Å². The average Bonchev–Trinajstić information content (AvgIpc) is 3.07. The summed E-state index contributed by atoms with van der Waals surface area (Å²) in [6.07, 6.45) is 2.11. The Kier molecular flexibility index (Phi) is 8.42. The second-order valence-electron chi connectivity index (χ2n) is 6.22. The van der Waals surface area contributed by atoms with Gasteiger partial charge in [-0.15, -0.1) is 0 Å². The molecule has 3 rings (SSSR count). The lowest BCUT2D eigenvalue weighted by atomic mass is 10.2. The third kappa shape index (κ3) is 5.78. The van der Waals surface area contributed by atoms with Crippen molar-refractivity contribution in [3.05, 3.63) is 66.4 Å². The minimum absolute atomic E-state index is 0. The molecule has 5 nitrogen and oxygen atoms in total. The van der Waals surface area contributed by atoms with Crippen molar-refractivity contribution in [2.45, 2.75) is 20.4 Å². The molecule has 0 amide bonds. The van der Waals surface area contributed by atoms with Gasteiger partial charge in [-0.3, -0.25) is 0 Å². The van der Waals surface area contributed by atoms with E-state index in [9.17, 15) is 0 Å². The van der Waals surface area contributed by atoms with Crippen molar-refractivity contribution in [2.75, 3.05) is 23.3 Å². The first-order valence-electron chi connectivity index (χ1n) is 9.23. The standard InChI is InChI=1S/C21H25N5S.ClH/c1-4-26(5-2)20-16-25(3)21(27-20)24-23-19-13-11-18(12-14-19)22-15-17-9-7-6-8-10-17;/h6-14,16H,4-5,15H2,1-3H3;1H. The first-order valence-corrected chi connectivity index (χ1v) is 10.0. The molecule has 3 aromatic rings. The number of halogens is 1. The van der Waals surface area contributed by atoms with Gasteiger partial charge in [0.1, 0.15) is 16.9 Å². The molecule has 0 spiro atoms. The van der Waals surface area contributed by atoms with Gasteiger partial charge in [0, 0.05) is 25.3 Å². The van der Waals surface area contributed by atoms with Gasteiger partial charge >= 0.3 is 5.13 Å². The smallest absolute Gasteiger partial charge is 0.410 e. The van der Waals surface area contributed by atoms with Crippen LogP contribution in [0, 0.1) is 0 Å². The van der Waals surface area contributed by atoms with E-state index in [1.807, 2.05) is 41.9 Å². The van der Waals surface area contributed by atoms with Crippen LogP contribution in [-0.4, -0.2) is 13.1 Å². The Hall–Kier alpha value is -2.44. The summed E-state index contributed by atoms with van der Waals surface area (Å²) in [6.45, 7) is 7.12. The molecule has 0 saturated carbocycles. The Labute approximate surface area is 177 Å². The average molecular weight is 416 g/mol. The van der Waals surface area contributed by atoms with Gasteiger partial charge in [-0.2, -0.15) is 0 Å². The predicted molar refractivity (Wildman–Crippen MR) is 113 cm³/mol. The highest BCUT2D eigenvalue weighted by molar-refractivity contribution is 7.18. The van der Waals surface area contributed by atoms with Gasteiger partial charge in [0.15, 0.2) is 0 Å². The number of nitrogens with zero attached hydrogens (tertiary/aromatic N) is 4. The third-order valence-electron chi connectivity index (χ3n) is 4.33. The van der Waals surface area contributed by atoms with Crippen LogP contribution in [0.5, 0.6) is 0 Å². The van der Waals surface area contributed by atoms with Gasteiger partial charge in [-0.1, -0.05) is 30.3 Å². The van der Waals surface area contributed by atoms with Gasteiger partial charge in [0.05, 0.1) is 12.2 Å². The number of benzene rings is 2. The van der Waals surface area contributed by atoms with E-state index < -0.39 is 0 Å². The molecule has 0 aliphatic rings. The van der Waals surface area contributed by atoms with Crippen LogP contribution in [0.3, 0.4) is 0 Å². The van der Waals surface area contributed by atoms with Crippen LogP contribution in [-0.2, 0) is 13.6 Å². The molecule has 0 radical (unpaired) electrons. The number of thiazole rings is 1. The molecule has 148 valence electrons. The van der Waals surface area contributed by atoms with E-state index >= 15 is 0 Å². The molecule has 2 aromatic carbocycles. The lowest BCUT2D eigenvalue weighted by Crippen LogP contribution is -3.00. The van der Waals surface area contributed by atoms with Crippen molar-refractivity contribution < 1.29 is 17.0 Å². The zero-order chi connectivity index (χ0) is 19.1. The molecule has 28 heavy (non-hydrogen) atoms. The first kappa shape index (κ1) is 21.9. The zero-order valence-corrected chi connectivity index (χ0v) is 18.0. The third-order valence-corrected chi connectivity index (χ3v) is 5.46. The molecular weight excluding hydrogens is 390 g/mol. The maximum absolute atomic E-state index is 4.43. The normalized spacial score (nSPS) is 10.7. The van der Waals surface area contributed by atoms with Crippen molar-refractivity contribution >= 4 is 32.8 Å². The topological polar surface area (TPSA) is 43.9 Å². The van der Waals surface area contributed by atoms with Crippen molar-refractivity contribution in [2.24, 2.45) is 17.3 Å². The SMILES string of the molecule is CCN(CC)c1c[n+](C)c(N=Nc2ccc(NCc3ccccc3)cc2)s1.[Cl-]. The number of anilines is 2. The molecule has 7 heteroatoms. The van der Waals surface area contributed by atoms with Crippen LogP contribution >= 0.6 is 11.3 Å². The van der Waals surface area contributed by atoms with E-state index in [1.165, 1.54) is 10.6 Å². The molecule has 0 atom stereocenters. The van der Waals surface area contributed by atoms with E-state index in [0.29, 0.717) is 0 Å². The van der Waals surface area contributed by atoms with E-state index in [4.69, 9.17) is 0 Å². The summed E-state index contributed by atoms with van der Waals surface area (Å²) in [6, 6.07) is 18.4. The molecule has 0 saturated heterocycles. The van der Waals surface area contributed by atoms with Gasteiger partial charge < -0.3 is 22.6 Å². The van der Waals surface area contributed by atoms with Gasteiger partial charge in [-0.05, 0) is 60.1 Å². The number of rotatable bonds is 8. The second-order valence-corrected chi connectivity index (χ2v) is 7.21. The Bertz CT molecular complexity index is 874. The molecule has 1 N–H and O–H groups in total. The van der Waals surface area contributed by atoms with Crippen LogP contribution in [0.4, 0.5) is 21.5 Å². The molecule has 0 fully saturated rings. The summed E-state index contributed by atoms with van der Waals surface area (Å²) in [5.41, 5.74) is 3.18.